The van der Waals surface area contributed by atoms with Gasteiger partial charge in [0.25, 0.3) is 0 Å². The summed E-state index contributed by atoms with van der Waals surface area (Å²) in [6.45, 7) is 7.82. The minimum absolute atomic E-state index is 0.0102. The highest BCUT2D eigenvalue weighted by molar-refractivity contribution is 5.82. The fourth-order valence-corrected chi connectivity index (χ4v) is 1.97. The molecule has 0 aromatic carbocycles. The third-order valence-corrected chi connectivity index (χ3v) is 2.70. The Labute approximate surface area is 91.2 Å². The van der Waals surface area contributed by atoms with Crippen molar-refractivity contribution in [2.75, 3.05) is 13.1 Å². The van der Waals surface area contributed by atoms with Gasteiger partial charge >= 0.3 is 0 Å². The van der Waals surface area contributed by atoms with Crippen molar-refractivity contribution in [2.24, 2.45) is 0 Å². The van der Waals surface area contributed by atoms with Crippen LogP contribution in [0, 0.1) is 11.3 Å². The number of hydrogen-bond donors (Lipinski definition) is 1. The predicted octanol–water partition coefficient (Wildman–Crippen LogP) is 0.889. The molecule has 1 unspecified atom stereocenters. The average molecular weight is 209 g/mol. The molecule has 15 heavy (non-hydrogen) atoms. The van der Waals surface area contributed by atoms with Gasteiger partial charge in [0.05, 0.1) is 12.5 Å². The van der Waals surface area contributed by atoms with Gasteiger partial charge in [-0.25, -0.2) is 0 Å². The normalized spacial score (nSPS) is 24.1. The summed E-state index contributed by atoms with van der Waals surface area (Å²) in [6.07, 6.45) is 1.22. The van der Waals surface area contributed by atoms with Crippen molar-refractivity contribution < 1.29 is 4.79 Å². The van der Waals surface area contributed by atoms with Crippen molar-refractivity contribution in [1.82, 2.24) is 10.2 Å². The Hall–Kier alpha value is -1.08. The lowest BCUT2D eigenvalue weighted by Gasteiger charge is -2.38. The molecule has 0 spiro atoms. The second-order valence-electron chi connectivity index (χ2n) is 4.89. The fourth-order valence-electron chi connectivity index (χ4n) is 1.97. The van der Waals surface area contributed by atoms with Gasteiger partial charge in [0.2, 0.25) is 5.91 Å². The predicted molar refractivity (Wildman–Crippen MR) is 58.1 cm³/mol. The van der Waals surface area contributed by atoms with Crippen LogP contribution in [-0.4, -0.2) is 35.5 Å². The van der Waals surface area contributed by atoms with E-state index in [0.717, 1.165) is 13.0 Å². The van der Waals surface area contributed by atoms with Crippen LogP contribution in [0.4, 0.5) is 0 Å². The van der Waals surface area contributed by atoms with Crippen LogP contribution in [0.3, 0.4) is 0 Å². The Morgan fingerprint density at radius 3 is 2.80 bits per heavy atom. The average Bonchev–Trinajstić information content (AvgIpc) is 2.29. The maximum atomic E-state index is 11.8. The summed E-state index contributed by atoms with van der Waals surface area (Å²) >= 11 is 0. The molecule has 0 aliphatic carbocycles. The molecule has 4 nitrogen and oxygen atoms in total. The minimum Gasteiger partial charge on any atom is -0.355 e. The molecule has 0 bridgehead atoms. The monoisotopic (exact) mass is 209 g/mol. The standard InChI is InChI=1S/C11H19N3O/c1-11(2,3)14-8-4-7-13-10(15)9(14)5-6-12/h9H,4-5,7-8H2,1-3H3,(H,13,15). The summed E-state index contributed by atoms with van der Waals surface area (Å²) in [5, 5.41) is 11.6. The topological polar surface area (TPSA) is 56.1 Å². The molecule has 0 saturated carbocycles. The second-order valence-corrected chi connectivity index (χ2v) is 4.89. The molecule has 0 aromatic heterocycles. The molecule has 1 aliphatic rings. The van der Waals surface area contributed by atoms with Crippen LogP contribution in [0.5, 0.6) is 0 Å². The third kappa shape index (κ3) is 2.93. The number of rotatable bonds is 1. The van der Waals surface area contributed by atoms with E-state index >= 15 is 0 Å². The first kappa shape index (κ1) is 12.0. The Balaban J connectivity index is 2.88. The molecule has 4 heteroatoms. The van der Waals surface area contributed by atoms with E-state index in [1.165, 1.54) is 0 Å². The number of nitrogens with zero attached hydrogens (tertiary/aromatic N) is 2. The summed E-state index contributed by atoms with van der Waals surface area (Å²) in [5.41, 5.74) is -0.0663. The molecule has 1 rings (SSSR count). The summed E-state index contributed by atoms with van der Waals surface area (Å²) < 4.78 is 0. The zero-order chi connectivity index (χ0) is 11.5. The molecule has 1 heterocycles. The van der Waals surface area contributed by atoms with Crippen molar-refractivity contribution in [3.8, 4) is 6.07 Å². The third-order valence-electron chi connectivity index (χ3n) is 2.70. The summed E-state index contributed by atoms with van der Waals surface area (Å²) in [4.78, 5) is 13.9. The Morgan fingerprint density at radius 2 is 2.27 bits per heavy atom. The number of nitriles is 1. The molecular weight excluding hydrogens is 190 g/mol. The van der Waals surface area contributed by atoms with Gasteiger partial charge in [-0.2, -0.15) is 5.26 Å². The molecule has 1 saturated heterocycles. The van der Waals surface area contributed by atoms with Gasteiger partial charge in [0, 0.05) is 18.6 Å². The summed E-state index contributed by atoms with van der Waals surface area (Å²) in [7, 11) is 0. The molecule has 1 amide bonds. The van der Waals surface area contributed by atoms with E-state index in [-0.39, 0.29) is 23.9 Å². The van der Waals surface area contributed by atoms with E-state index in [1.54, 1.807) is 0 Å². The van der Waals surface area contributed by atoms with Crippen LogP contribution in [-0.2, 0) is 4.79 Å². The summed E-state index contributed by atoms with van der Waals surface area (Å²) in [5.74, 6) is -0.0102. The quantitative estimate of drug-likeness (QED) is 0.697. The first-order valence-corrected chi connectivity index (χ1v) is 5.38. The van der Waals surface area contributed by atoms with Crippen molar-refractivity contribution >= 4 is 5.91 Å². The Kier molecular flexibility index (Phi) is 3.70. The van der Waals surface area contributed by atoms with Crippen LogP contribution in [0.1, 0.15) is 33.6 Å². The van der Waals surface area contributed by atoms with Crippen LogP contribution < -0.4 is 5.32 Å². The maximum absolute atomic E-state index is 11.8. The molecule has 84 valence electrons. The number of nitrogens with one attached hydrogen (secondary N) is 1. The summed E-state index contributed by atoms with van der Waals surface area (Å²) in [6, 6.07) is 1.80. The minimum atomic E-state index is -0.294. The fraction of sp³-hybridized carbons (Fsp3) is 0.818. The first-order valence-electron chi connectivity index (χ1n) is 5.38. The van der Waals surface area contributed by atoms with Gasteiger partial charge in [-0.05, 0) is 27.2 Å². The van der Waals surface area contributed by atoms with E-state index in [1.807, 2.05) is 0 Å². The highest BCUT2D eigenvalue weighted by Crippen LogP contribution is 2.20. The van der Waals surface area contributed by atoms with Gasteiger partial charge in [-0.15, -0.1) is 0 Å². The number of amides is 1. The van der Waals surface area contributed by atoms with Gasteiger partial charge < -0.3 is 5.32 Å². The molecule has 0 aromatic rings. The largest absolute Gasteiger partial charge is 0.355 e. The van der Waals surface area contributed by atoms with Gasteiger partial charge in [0.1, 0.15) is 6.04 Å². The van der Waals surface area contributed by atoms with Crippen molar-refractivity contribution in [3.05, 3.63) is 0 Å². The van der Waals surface area contributed by atoms with Crippen LogP contribution in [0.25, 0.3) is 0 Å². The molecule has 1 atom stereocenters. The van der Waals surface area contributed by atoms with Gasteiger partial charge in [0.15, 0.2) is 0 Å². The van der Waals surface area contributed by atoms with Gasteiger partial charge in [-0.1, -0.05) is 0 Å². The van der Waals surface area contributed by atoms with Crippen molar-refractivity contribution in [2.45, 2.75) is 45.2 Å². The highest BCUT2D eigenvalue weighted by Gasteiger charge is 2.34. The smallest absolute Gasteiger partial charge is 0.238 e. The van der Waals surface area contributed by atoms with Crippen LogP contribution >= 0.6 is 0 Å². The maximum Gasteiger partial charge on any atom is 0.238 e. The van der Waals surface area contributed by atoms with Crippen molar-refractivity contribution in [3.63, 3.8) is 0 Å². The Bertz CT molecular complexity index is 275. The first-order chi connectivity index (χ1) is 6.96. The van der Waals surface area contributed by atoms with Crippen LogP contribution in [0.2, 0.25) is 0 Å². The molecular formula is C11H19N3O. The lowest BCUT2D eigenvalue weighted by atomic mass is 10.0. The number of carbonyl (C=O) groups excluding carboxylic acids is 1. The number of hydrogen-bond acceptors (Lipinski definition) is 3. The second kappa shape index (κ2) is 4.63. The SMILES string of the molecule is CC(C)(C)N1CCCNC(=O)C1CC#N. The molecule has 1 aliphatic heterocycles. The van der Waals surface area contributed by atoms with E-state index in [0.29, 0.717) is 6.54 Å². The Morgan fingerprint density at radius 1 is 1.60 bits per heavy atom. The molecule has 1 N–H and O–H groups in total. The lowest BCUT2D eigenvalue weighted by molar-refractivity contribution is -0.127. The van der Waals surface area contributed by atoms with Crippen LogP contribution in [0.15, 0.2) is 0 Å². The van der Waals surface area contributed by atoms with E-state index in [2.05, 4.69) is 37.1 Å². The molecule has 1 fully saturated rings. The van der Waals surface area contributed by atoms with E-state index in [9.17, 15) is 4.79 Å². The molecule has 0 radical (unpaired) electrons. The van der Waals surface area contributed by atoms with E-state index < -0.39 is 0 Å². The van der Waals surface area contributed by atoms with E-state index in [4.69, 9.17) is 5.26 Å². The lowest BCUT2D eigenvalue weighted by Crippen LogP contribution is -2.52. The highest BCUT2D eigenvalue weighted by atomic mass is 16.2. The zero-order valence-corrected chi connectivity index (χ0v) is 9.71. The van der Waals surface area contributed by atoms with Crippen molar-refractivity contribution in [1.29, 1.82) is 5.26 Å². The zero-order valence-electron chi connectivity index (χ0n) is 9.71. The van der Waals surface area contributed by atoms with Gasteiger partial charge in [-0.3, -0.25) is 9.69 Å². The number of carbonyl (C=O) groups is 1.